The number of alkyl halides is 1. The molecule has 0 saturated carbocycles. The summed E-state index contributed by atoms with van der Waals surface area (Å²) in [7, 11) is 15.8. The number of carbonyl (C=O) groups excluding carboxylic acids is 2. The molecule has 0 atom stereocenters. The van der Waals surface area contributed by atoms with Gasteiger partial charge in [0, 0.05) is 62.6 Å². The molecular weight excluding hydrogens is 350 g/mol. The fraction of sp³-hybridized carbons (Fsp3) is 0.562. The van der Waals surface area contributed by atoms with Crippen LogP contribution in [0.2, 0.25) is 0 Å². The molecule has 0 N–H and O–H groups in total. The molecular formula is C16H21B5FLiNO4. The van der Waals surface area contributed by atoms with E-state index in [0.29, 0.717) is 0 Å². The summed E-state index contributed by atoms with van der Waals surface area (Å²) in [5.41, 5.74) is 4.14. The van der Waals surface area contributed by atoms with Crippen molar-refractivity contribution < 1.29 is 42.7 Å². The van der Waals surface area contributed by atoms with E-state index in [0.717, 1.165) is 0 Å². The monoisotopic (exact) mass is 372 g/mol. The van der Waals surface area contributed by atoms with Gasteiger partial charge in [0.2, 0.25) is 0 Å². The van der Waals surface area contributed by atoms with Crippen molar-refractivity contribution in [1.29, 1.82) is 0 Å². The number of likely N-dealkylation sites (tertiary alicyclic amines) is 1. The minimum absolute atomic E-state index is 0. The van der Waals surface area contributed by atoms with Gasteiger partial charge in [-0.1, -0.05) is 11.5 Å². The van der Waals surface area contributed by atoms with Crippen LogP contribution in [0.25, 0.3) is 0 Å². The minimum atomic E-state index is -2.32. The van der Waals surface area contributed by atoms with Crippen molar-refractivity contribution in [2.45, 2.75) is 44.9 Å². The van der Waals surface area contributed by atoms with E-state index in [1.165, 1.54) is 12.0 Å². The summed E-state index contributed by atoms with van der Waals surface area (Å²) in [5, 5.41) is 10.6. The van der Waals surface area contributed by atoms with Gasteiger partial charge < -0.3 is 19.5 Å². The number of aliphatic carboxylic acids is 1. The Kier molecular flexibility index (Phi) is 17.5. The third kappa shape index (κ3) is 15.7. The number of carboxylic acid groups (broad SMARTS) is 1. The fourth-order valence-electron chi connectivity index (χ4n) is 1.64. The van der Waals surface area contributed by atoms with Crippen LogP contribution >= 0.6 is 0 Å². The first-order valence-electron chi connectivity index (χ1n) is 8.06. The van der Waals surface area contributed by atoms with Gasteiger partial charge in [0.15, 0.2) is 5.67 Å². The first-order chi connectivity index (χ1) is 12.3. The van der Waals surface area contributed by atoms with Gasteiger partial charge in [-0.2, -0.15) is 0 Å². The van der Waals surface area contributed by atoms with Gasteiger partial charge in [-0.3, -0.25) is 0 Å². The van der Waals surface area contributed by atoms with Crippen molar-refractivity contribution in [2.75, 3.05) is 13.1 Å². The van der Waals surface area contributed by atoms with Crippen LogP contribution in [0.3, 0.4) is 0 Å². The molecule has 0 spiro atoms. The van der Waals surface area contributed by atoms with Gasteiger partial charge in [-0.15, -0.1) is 0 Å². The molecule has 1 aliphatic rings. The van der Waals surface area contributed by atoms with Crippen LogP contribution in [0.5, 0.6) is 0 Å². The molecule has 1 aliphatic heterocycles. The average Bonchev–Trinajstić information content (AvgIpc) is 2.55. The second-order valence-corrected chi connectivity index (χ2v) is 6.47. The molecule has 0 aliphatic carbocycles. The van der Waals surface area contributed by atoms with Crippen molar-refractivity contribution in [3.63, 3.8) is 0 Å². The Morgan fingerprint density at radius 3 is 1.86 bits per heavy atom. The molecule has 28 heavy (non-hydrogen) atoms. The van der Waals surface area contributed by atoms with E-state index in [4.69, 9.17) is 27.9 Å². The third-order valence-corrected chi connectivity index (χ3v) is 2.97. The van der Waals surface area contributed by atoms with Gasteiger partial charge >= 0.3 is 25.0 Å². The van der Waals surface area contributed by atoms with E-state index in [1.807, 2.05) is 0 Å². The molecule has 0 aromatic heterocycles. The van der Waals surface area contributed by atoms with Crippen molar-refractivity contribution >= 4 is 48.7 Å². The average molecular weight is 371 g/mol. The molecule has 0 aromatic rings. The van der Waals surface area contributed by atoms with E-state index in [1.54, 1.807) is 20.8 Å². The topological polar surface area (TPSA) is 69.7 Å². The van der Waals surface area contributed by atoms with Crippen LogP contribution in [0.4, 0.5) is 9.18 Å². The van der Waals surface area contributed by atoms with E-state index in [2.05, 4.69) is 30.4 Å². The molecule has 1 amide bonds. The molecule has 5 nitrogen and oxygen atoms in total. The number of rotatable bonds is 2. The second-order valence-electron chi connectivity index (χ2n) is 6.47. The first-order valence-corrected chi connectivity index (χ1v) is 8.06. The zero-order valence-electron chi connectivity index (χ0n) is 17.1. The summed E-state index contributed by atoms with van der Waals surface area (Å²) in [6, 6.07) is 0. The molecule has 0 unspecified atom stereocenters. The summed E-state index contributed by atoms with van der Waals surface area (Å²) in [6.45, 7) is 11.7. The number of piperidine rings is 1. The van der Waals surface area contributed by atoms with Crippen molar-refractivity contribution in [3.05, 3.63) is 30.4 Å². The molecule has 1 rings (SSSR count). The van der Waals surface area contributed by atoms with Crippen LogP contribution in [-0.2, 0) is 9.53 Å². The predicted octanol–water partition coefficient (Wildman–Crippen LogP) is -3.16. The first kappa shape index (κ1) is 31.4. The largest absolute Gasteiger partial charge is 1.00 e. The number of carbonyl (C=O) groups is 2. The van der Waals surface area contributed by atoms with Gasteiger partial charge in [0.25, 0.3) is 0 Å². The number of hydrogen-bond acceptors (Lipinski definition) is 4. The molecule has 1 fully saturated rings. The Morgan fingerprint density at radius 2 is 1.64 bits per heavy atom. The number of halogens is 1. The summed E-state index contributed by atoms with van der Waals surface area (Å²) in [4.78, 5) is 23.5. The maximum absolute atomic E-state index is 13.6. The third-order valence-electron chi connectivity index (χ3n) is 2.97. The minimum Gasteiger partial charge on any atom is -0.547 e. The van der Waals surface area contributed by atoms with Crippen LogP contribution in [0.1, 0.15) is 33.6 Å². The van der Waals surface area contributed by atoms with Crippen LogP contribution in [-0.4, -0.2) is 78.0 Å². The number of nitrogens with zero attached hydrogens (tertiary/aromatic N) is 1. The number of carboxylic acids is 1. The summed E-state index contributed by atoms with van der Waals surface area (Å²) in [5.74, 6) is -1.71. The SMILES string of the molecule is C=C=C=C=C.CC(C)(C)OC(=O)N1CCC(F)(C(=O)[O-])CC1.[B][B]B([B])[B].[Li+]. The Bertz CT molecular complexity index is 578. The maximum atomic E-state index is 13.6. The Balaban J connectivity index is -0.000000473. The van der Waals surface area contributed by atoms with Gasteiger partial charge in [-0.25, -0.2) is 9.18 Å². The normalized spacial score (nSPS) is 13.8. The Labute approximate surface area is 184 Å². The van der Waals surface area contributed by atoms with E-state index >= 15 is 0 Å². The second kappa shape index (κ2) is 15.6. The van der Waals surface area contributed by atoms with Crippen LogP contribution < -0.4 is 24.0 Å². The van der Waals surface area contributed by atoms with Gasteiger partial charge in [0.1, 0.15) is 5.60 Å². The quantitative estimate of drug-likeness (QED) is 0.380. The van der Waals surface area contributed by atoms with E-state index < -0.39 is 29.7 Å². The van der Waals surface area contributed by atoms with Crippen LogP contribution in [0, 0.1) is 0 Å². The number of ether oxygens (including phenoxy) is 1. The number of hydrogen-bond donors (Lipinski definition) is 0. The molecule has 137 valence electrons. The Morgan fingerprint density at radius 1 is 1.25 bits per heavy atom. The van der Waals surface area contributed by atoms with Gasteiger partial charge in [0.05, 0.1) is 5.97 Å². The number of amides is 1. The molecule has 1 heterocycles. The van der Waals surface area contributed by atoms with Crippen molar-refractivity contribution in [3.8, 4) is 0 Å². The summed E-state index contributed by atoms with van der Waals surface area (Å²) >= 11 is 0. The van der Waals surface area contributed by atoms with Crippen molar-refractivity contribution in [2.24, 2.45) is 0 Å². The predicted molar refractivity (Wildman–Crippen MR) is 106 cm³/mol. The standard InChI is InChI=1S/C11H18FNO4.C5H4.B5.Li/c1-10(2,3)17-9(16)13-6-4-11(12,5-7-13)8(14)15;1-3-5-4-2;1-4-5(2)3;/h4-7H2,1-3H3,(H,14,15);1-2H2;;/q;;;+1/p-1. The molecule has 12 heteroatoms. The molecule has 0 bridgehead atoms. The van der Waals surface area contributed by atoms with E-state index in [-0.39, 0.29) is 44.8 Å². The van der Waals surface area contributed by atoms with E-state index in [9.17, 15) is 19.1 Å². The zero-order chi connectivity index (χ0) is 21.7. The Hall–Kier alpha value is -1.33. The zero-order valence-corrected chi connectivity index (χ0v) is 17.1. The van der Waals surface area contributed by atoms with Crippen molar-refractivity contribution in [1.82, 2.24) is 4.90 Å². The fourth-order valence-corrected chi connectivity index (χ4v) is 1.64. The molecule has 0 aromatic carbocycles. The molecule has 1 saturated heterocycles. The molecule has 7 radical (unpaired) electrons. The van der Waals surface area contributed by atoms with Gasteiger partial charge in [-0.05, 0) is 39.7 Å². The smallest absolute Gasteiger partial charge is 0.547 e. The van der Waals surface area contributed by atoms with Crippen LogP contribution in [0.15, 0.2) is 30.4 Å². The maximum Gasteiger partial charge on any atom is 1.00 e. The summed E-state index contributed by atoms with van der Waals surface area (Å²) < 4.78 is 18.7. The summed E-state index contributed by atoms with van der Waals surface area (Å²) in [6.07, 6.45) is -1.52.